The number of carbonyl (C=O) groups excluding carboxylic acids is 1. The number of benzene rings is 1. The second-order valence-electron chi connectivity index (χ2n) is 5.95. The monoisotopic (exact) mass is 382 g/mol. The molecule has 4 aromatic rings. The van der Waals surface area contributed by atoms with Crippen molar-refractivity contribution < 1.29 is 14.3 Å². The Kier molecular flexibility index (Phi) is 4.55. The van der Waals surface area contributed by atoms with Crippen LogP contribution in [0.3, 0.4) is 0 Å². The molecule has 1 amide bonds. The van der Waals surface area contributed by atoms with Gasteiger partial charge in [0.15, 0.2) is 17.2 Å². The number of phenolic OH excluding ortho intramolecular Hbond substituents is 1. The minimum Gasteiger partial charge on any atom is -0.505 e. The number of H-pyrrole nitrogens is 1. The summed E-state index contributed by atoms with van der Waals surface area (Å²) in [6.45, 7) is 0.346. The fourth-order valence-electron chi connectivity index (χ4n) is 2.77. The van der Waals surface area contributed by atoms with Crippen LogP contribution in [0.1, 0.15) is 15.9 Å². The lowest BCUT2D eigenvalue weighted by Crippen LogP contribution is -2.26. The average Bonchev–Trinajstić information content (AvgIpc) is 3.33. The van der Waals surface area contributed by atoms with Crippen LogP contribution in [0.2, 0.25) is 0 Å². The van der Waals surface area contributed by atoms with Gasteiger partial charge in [0.1, 0.15) is 5.82 Å². The molecule has 0 radical (unpaired) electrons. The second kappa shape index (κ2) is 7.16. The zero-order valence-electron chi connectivity index (χ0n) is 14.1. The molecular formula is C19H15FN4O2S. The van der Waals surface area contributed by atoms with E-state index in [4.69, 9.17) is 0 Å². The van der Waals surface area contributed by atoms with E-state index in [0.29, 0.717) is 35.5 Å². The predicted octanol–water partition coefficient (Wildman–Crippen LogP) is 3.50. The third-order valence-electron chi connectivity index (χ3n) is 4.14. The topological polar surface area (TPSA) is 90.9 Å². The van der Waals surface area contributed by atoms with E-state index in [9.17, 15) is 14.3 Å². The van der Waals surface area contributed by atoms with E-state index < -0.39 is 11.6 Å². The molecule has 0 aliphatic rings. The molecule has 3 aromatic heterocycles. The van der Waals surface area contributed by atoms with E-state index in [1.165, 1.54) is 12.1 Å². The molecule has 0 saturated carbocycles. The fraction of sp³-hybridized carbons (Fsp3) is 0.105. The maximum atomic E-state index is 13.1. The molecule has 3 heterocycles. The third kappa shape index (κ3) is 3.52. The third-order valence-corrected chi connectivity index (χ3v) is 4.82. The summed E-state index contributed by atoms with van der Waals surface area (Å²) in [5, 5.41) is 16.2. The number of amides is 1. The van der Waals surface area contributed by atoms with Crippen LogP contribution in [0.15, 0.2) is 47.3 Å². The number of aromatic amines is 1. The number of fused-ring (bicyclic) bond motifs is 1. The van der Waals surface area contributed by atoms with Gasteiger partial charge in [-0.3, -0.25) is 4.79 Å². The molecule has 8 heteroatoms. The van der Waals surface area contributed by atoms with Crippen molar-refractivity contribution in [1.29, 1.82) is 0 Å². The summed E-state index contributed by atoms with van der Waals surface area (Å²) in [4.78, 5) is 24.4. The Morgan fingerprint density at radius 1 is 1.30 bits per heavy atom. The largest absolute Gasteiger partial charge is 0.505 e. The van der Waals surface area contributed by atoms with E-state index in [1.54, 1.807) is 29.7 Å². The van der Waals surface area contributed by atoms with Gasteiger partial charge in [-0.05, 0) is 41.6 Å². The van der Waals surface area contributed by atoms with Gasteiger partial charge in [-0.25, -0.2) is 14.4 Å². The number of phenols is 1. The van der Waals surface area contributed by atoms with Crippen molar-refractivity contribution in [2.24, 2.45) is 0 Å². The summed E-state index contributed by atoms with van der Waals surface area (Å²) in [6.07, 6.45) is 2.02. The van der Waals surface area contributed by atoms with Crippen LogP contribution in [0.25, 0.3) is 22.6 Å². The van der Waals surface area contributed by atoms with Gasteiger partial charge in [-0.15, -0.1) is 0 Å². The van der Waals surface area contributed by atoms with Crippen LogP contribution >= 0.6 is 11.3 Å². The molecular weight excluding hydrogens is 367 g/mol. The first-order valence-electron chi connectivity index (χ1n) is 8.24. The number of aromatic nitrogens is 3. The fourth-order valence-corrected chi connectivity index (χ4v) is 3.41. The lowest BCUT2D eigenvalue weighted by atomic mass is 10.1. The van der Waals surface area contributed by atoms with Crippen molar-refractivity contribution in [3.05, 3.63) is 64.2 Å². The van der Waals surface area contributed by atoms with Crippen LogP contribution in [-0.2, 0) is 6.42 Å². The van der Waals surface area contributed by atoms with Crippen LogP contribution in [0, 0.1) is 5.82 Å². The van der Waals surface area contributed by atoms with E-state index in [-0.39, 0.29) is 5.91 Å². The molecule has 27 heavy (non-hydrogen) atoms. The Hall–Kier alpha value is -3.26. The van der Waals surface area contributed by atoms with Crippen molar-refractivity contribution in [3.8, 4) is 17.1 Å². The van der Waals surface area contributed by atoms with E-state index >= 15 is 0 Å². The Bertz CT molecular complexity index is 1110. The van der Waals surface area contributed by atoms with Gasteiger partial charge in [-0.1, -0.05) is 6.07 Å². The first kappa shape index (κ1) is 17.2. The zero-order valence-corrected chi connectivity index (χ0v) is 14.9. The normalized spacial score (nSPS) is 11.0. The number of rotatable bonds is 5. The summed E-state index contributed by atoms with van der Waals surface area (Å²) in [6, 6.07) is 7.72. The highest BCUT2D eigenvalue weighted by Gasteiger charge is 2.15. The van der Waals surface area contributed by atoms with Crippen LogP contribution < -0.4 is 5.32 Å². The number of hydrogen-bond donors (Lipinski definition) is 3. The van der Waals surface area contributed by atoms with Crippen molar-refractivity contribution in [3.63, 3.8) is 0 Å². The van der Waals surface area contributed by atoms with Gasteiger partial charge < -0.3 is 15.4 Å². The Morgan fingerprint density at radius 2 is 2.19 bits per heavy atom. The highest BCUT2D eigenvalue weighted by Crippen LogP contribution is 2.23. The van der Waals surface area contributed by atoms with Gasteiger partial charge in [0.2, 0.25) is 0 Å². The molecule has 4 rings (SSSR count). The van der Waals surface area contributed by atoms with Gasteiger partial charge in [0, 0.05) is 23.7 Å². The van der Waals surface area contributed by atoms with Crippen molar-refractivity contribution in [2.75, 3.05) is 6.54 Å². The molecule has 0 bridgehead atoms. The quantitative estimate of drug-likeness (QED) is 0.493. The summed E-state index contributed by atoms with van der Waals surface area (Å²) in [5.41, 5.74) is 3.19. The van der Waals surface area contributed by atoms with Crippen LogP contribution in [-0.4, -0.2) is 32.5 Å². The molecule has 0 saturated heterocycles. The summed E-state index contributed by atoms with van der Waals surface area (Å²) < 4.78 is 13.1. The van der Waals surface area contributed by atoms with Gasteiger partial charge in [0.25, 0.3) is 5.91 Å². The second-order valence-corrected chi connectivity index (χ2v) is 6.73. The minimum atomic E-state index is -0.664. The lowest BCUT2D eigenvalue weighted by molar-refractivity contribution is 0.0955. The SMILES string of the molecule is O=C(NCCc1ccc(F)c(O)c1)c1ccnc2nc(-c3ccsc3)[nH]c12. The summed E-state index contributed by atoms with van der Waals surface area (Å²) in [5.74, 6) is -0.647. The van der Waals surface area contributed by atoms with E-state index in [0.717, 1.165) is 11.1 Å². The maximum Gasteiger partial charge on any atom is 0.253 e. The molecule has 0 fully saturated rings. The van der Waals surface area contributed by atoms with E-state index in [2.05, 4.69) is 20.3 Å². The smallest absolute Gasteiger partial charge is 0.253 e. The van der Waals surface area contributed by atoms with Crippen molar-refractivity contribution in [1.82, 2.24) is 20.3 Å². The number of imidazole rings is 1. The predicted molar refractivity (Wildman–Crippen MR) is 101 cm³/mol. The molecule has 0 unspecified atom stereocenters. The highest BCUT2D eigenvalue weighted by atomic mass is 32.1. The van der Waals surface area contributed by atoms with Gasteiger partial charge in [0.05, 0.1) is 11.1 Å². The lowest BCUT2D eigenvalue weighted by Gasteiger charge is -2.06. The zero-order chi connectivity index (χ0) is 18.8. The number of aromatic hydroxyl groups is 1. The molecule has 0 aliphatic carbocycles. The molecule has 0 spiro atoms. The average molecular weight is 382 g/mol. The molecule has 136 valence electrons. The first-order chi connectivity index (χ1) is 13.1. The molecule has 6 nitrogen and oxygen atoms in total. The van der Waals surface area contributed by atoms with Gasteiger partial charge >= 0.3 is 0 Å². The Balaban J connectivity index is 1.49. The molecule has 3 N–H and O–H groups in total. The number of carbonyl (C=O) groups is 1. The first-order valence-corrected chi connectivity index (χ1v) is 9.19. The van der Waals surface area contributed by atoms with Crippen LogP contribution in [0.4, 0.5) is 4.39 Å². The number of nitrogens with one attached hydrogen (secondary N) is 2. The Morgan fingerprint density at radius 3 is 2.96 bits per heavy atom. The number of thiophene rings is 1. The van der Waals surface area contributed by atoms with Crippen LogP contribution in [0.5, 0.6) is 5.75 Å². The maximum absolute atomic E-state index is 13.1. The number of pyridine rings is 1. The van der Waals surface area contributed by atoms with Crippen molar-refractivity contribution >= 4 is 28.4 Å². The summed E-state index contributed by atoms with van der Waals surface area (Å²) in [7, 11) is 0. The number of nitrogens with zero attached hydrogens (tertiary/aromatic N) is 2. The minimum absolute atomic E-state index is 0.255. The van der Waals surface area contributed by atoms with Crippen molar-refractivity contribution in [2.45, 2.75) is 6.42 Å². The number of halogens is 1. The molecule has 0 atom stereocenters. The highest BCUT2D eigenvalue weighted by molar-refractivity contribution is 7.08. The molecule has 1 aromatic carbocycles. The summed E-state index contributed by atoms with van der Waals surface area (Å²) >= 11 is 1.56. The molecule has 0 aliphatic heterocycles. The van der Waals surface area contributed by atoms with Gasteiger partial charge in [-0.2, -0.15) is 11.3 Å². The number of hydrogen-bond acceptors (Lipinski definition) is 5. The standard InChI is InChI=1S/C19H15FN4O2S/c20-14-2-1-11(9-15(14)25)3-6-22-19(26)13-4-7-21-18-16(13)23-17(24-18)12-5-8-27-10-12/h1-2,4-5,7-10,25H,3,6H2,(H,22,26)(H,21,23,24). The Labute approximate surface area is 157 Å². The van der Waals surface area contributed by atoms with E-state index in [1.807, 2.05) is 16.8 Å².